The van der Waals surface area contributed by atoms with Gasteiger partial charge in [0.1, 0.15) is 0 Å². The van der Waals surface area contributed by atoms with Gasteiger partial charge in [0, 0.05) is 5.57 Å². The molecule has 2 heteroatoms. The molecule has 0 unspecified atom stereocenters. The normalized spacial score (nSPS) is 12.0. The van der Waals surface area contributed by atoms with Gasteiger partial charge in [0.25, 0.3) is 0 Å². The van der Waals surface area contributed by atoms with Crippen molar-refractivity contribution in [3.8, 4) is 0 Å². The van der Waals surface area contributed by atoms with Gasteiger partial charge < -0.3 is 5.11 Å². The van der Waals surface area contributed by atoms with Gasteiger partial charge in [-0.15, -0.1) is 0 Å². The molecule has 0 aliphatic carbocycles. The van der Waals surface area contributed by atoms with Crippen LogP contribution in [-0.4, -0.2) is 11.1 Å². The Morgan fingerprint density at radius 3 is 2.36 bits per heavy atom. The van der Waals surface area contributed by atoms with Gasteiger partial charge in [0.05, 0.1) is 0 Å². The van der Waals surface area contributed by atoms with Crippen LogP contribution in [0, 0.1) is 0 Å². The molecule has 0 aromatic rings. The lowest BCUT2D eigenvalue weighted by Crippen LogP contribution is -1.94. The highest BCUT2D eigenvalue weighted by molar-refractivity contribution is 5.86. The maximum atomic E-state index is 10.3. The monoisotopic (exact) mass is 152 g/mol. The third-order valence-corrected chi connectivity index (χ3v) is 1.06. The van der Waals surface area contributed by atoms with Crippen LogP contribution in [0.5, 0.6) is 0 Å². The van der Waals surface area contributed by atoms with Gasteiger partial charge in [-0.3, -0.25) is 0 Å². The Labute approximate surface area is 66.5 Å². The van der Waals surface area contributed by atoms with E-state index in [-0.39, 0.29) is 0 Å². The molecular formula is C9H12O2. The molecule has 11 heavy (non-hydrogen) atoms. The first kappa shape index (κ1) is 9.69. The first-order valence-electron chi connectivity index (χ1n) is 3.28. The fourth-order valence-electron chi connectivity index (χ4n) is 0.428. The minimum absolute atomic E-state index is 0.322. The Bertz CT molecular complexity index is 222. The number of hydrogen-bond acceptors (Lipinski definition) is 1. The van der Waals surface area contributed by atoms with E-state index in [0.717, 1.165) is 5.57 Å². The van der Waals surface area contributed by atoms with Gasteiger partial charge in [-0.05, 0) is 13.8 Å². The predicted molar refractivity (Wildman–Crippen MR) is 45.3 cm³/mol. The van der Waals surface area contributed by atoms with Crippen LogP contribution in [-0.2, 0) is 4.79 Å². The van der Waals surface area contributed by atoms with Crippen molar-refractivity contribution in [2.45, 2.75) is 13.8 Å². The average Bonchev–Trinajstić information content (AvgIpc) is 1.86. The summed E-state index contributed by atoms with van der Waals surface area (Å²) in [6, 6.07) is 0. The number of carbonyl (C=O) groups is 1. The van der Waals surface area contributed by atoms with Crippen LogP contribution in [0.15, 0.2) is 36.0 Å². The number of rotatable bonds is 3. The van der Waals surface area contributed by atoms with E-state index < -0.39 is 5.97 Å². The number of aliphatic carboxylic acids is 1. The van der Waals surface area contributed by atoms with E-state index in [4.69, 9.17) is 5.11 Å². The maximum Gasteiger partial charge on any atom is 0.331 e. The summed E-state index contributed by atoms with van der Waals surface area (Å²) < 4.78 is 0. The van der Waals surface area contributed by atoms with Gasteiger partial charge >= 0.3 is 5.97 Å². The maximum absolute atomic E-state index is 10.3. The Balaban J connectivity index is 4.13. The lowest BCUT2D eigenvalue weighted by Gasteiger charge is -1.87. The molecule has 0 aromatic heterocycles. The summed E-state index contributed by atoms with van der Waals surface area (Å²) in [6.45, 7) is 7.03. The molecule has 0 rings (SSSR count). The number of carboxylic acids is 1. The molecule has 0 aliphatic rings. The Morgan fingerprint density at radius 1 is 1.45 bits per heavy atom. The summed E-state index contributed by atoms with van der Waals surface area (Å²) in [5, 5.41) is 8.42. The minimum atomic E-state index is -0.892. The largest absolute Gasteiger partial charge is 0.478 e. The molecule has 0 fully saturated rings. The molecule has 0 amide bonds. The molecule has 0 saturated heterocycles. The zero-order chi connectivity index (χ0) is 8.85. The van der Waals surface area contributed by atoms with Gasteiger partial charge in [-0.25, -0.2) is 4.79 Å². The van der Waals surface area contributed by atoms with Crippen molar-refractivity contribution < 1.29 is 9.90 Å². The molecule has 60 valence electrons. The second-order valence-corrected chi connectivity index (χ2v) is 2.36. The first-order valence-corrected chi connectivity index (χ1v) is 3.28. The van der Waals surface area contributed by atoms with E-state index in [0.29, 0.717) is 5.57 Å². The summed E-state index contributed by atoms with van der Waals surface area (Å²) >= 11 is 0. The second-order valence-electron chi connectivity index (χ2n) is 2.36. The van der Waals surface area contributed by atoms with Crippen LogP contribution < -0.4 is 0 Å². The van der Waals surface area contributed by atoms with E-state index in [9.17, 15) is 4.79 Å². The smallest absolute Gasteiger partial charge is 0.331 e. The molecular weight excluding hydrogens is 140 g/mol. The van der Waals surface area contributed by atoms with Crippen LogP contribution in [0.4, 0.5) is 0 Å². The highest BCUT2D eigenvalue weighted by Crippen LogP contribution is 1.95. The second kappa shape index (κ2) is 4.50. The van der Waals surface area contributed by atoms with E-state index in [2.05, 4.69) is 6.58 Å². The van der Waals surface area contributed by atoms with Crippen molar-refractivity contribution in [1.82, 2.24) is 0 Å². The summed E-state index contributed by atoms with van der Waals surface area (Å²) in [5.74, 6) is -0.892. The SMILES string of the molecule is C=C(C)/C=C\C=C(/C)C(=O)O. The van der Waals surface area contributed by atoms with Crippen molar-refractivity contribution in [1.29, 1.82) is 0 Å². The molecule has 2 nitrogen and oxygen atoms in total. The number of hydrogen-bond donors (Lipinski definition) is 1. The molecule has 0 atom stereocenters. The Morgan fingerprint density at radius 2 is 2.00 bits per heavy atom. The van der Waals surface area contributed by atoms with Crippen LogP contribution in [0.3, 0.4) is 0 Å². The molecule has 0 heterocycles. The van der Waals surface area contributed by atoms with Crippen LogP contribution in [0.25, 0.3) is 0 Å². The molecule has 0 spiro atoms. The van der Waals surface area contributed by atoms with Crippen molar-refractivity contribution >= 4 is 5.97 Å². The van der Waals surface area contributed by atoms with Gasteiger partial charge in [0.15, 0.2) is 0 Å². The lowest BCUT2D eigenvalue weighted by molar-refractivity contribution is -0.132. The van der Waals surface area contributed by atoms with E-state index >= 15 is 0 Å². The zero-order valence-corrected chi connectivity index (χ0v) is 6.79. The Kier molecular flexibility index (Phi) is 3.96. The van der Waals surface area contributed by atoms with Gasteiger partial charge in [0.2, 0.25) is 0 Å². The van der Waals surface area contributed by atoms with Crippen LogP contribution in [0.2, 0.25) is 0 Å². The zero-order valence-electron chi connectivity index (χ0n) is 6.79. The summed E-state index contributed by atoms with van der Waals surface area (Å²) in [6.07, 6.45) is 4.97. The predicted octanol–water partition coefficient (Wildman–Crippen LogP) is 2.15. The standard InChI is InChI=1S/C9H12O2/c1-7(2)5-4-6-8(3)9(10)11/h4-6H,1H2,2-3H3,(H,10,11)/b5-4-,8-6+. The van der Waals surface area contributed by atoms with E-state index in [1.54, 1.807) is 19.1 Å². The minimum Gasteiger partial charge on any atom is -0.478 e. The first-order chi connectivity index (χ1) is 5.04. The van der Waals surface area contributed by atoms with Crippen molar-refractivity contribution in [3.05, 3.63) is 36.0 Å². The topological polar surface area (TPSA) is 37.3 Å². The summed E-state index contributed by atoms with van der Waals surface area (Å²) in [7, 11) is 0. The van der Waals surface area contributed by atoms with Crippen LogP contribution >= 0.6 is 0 Å². The van der Waals surface area contributed by atoms with Crippen LogP contribution in [0.1, 0.15) is 13.8 Å². The van der Waals surface area contributed by atoms with Crippen molar-refractivity contribution in [2.75, 3.05) is 0 Å². The molecule has 1 N–H and O–H groups in total. The average molecular weight is 152 g/mol. The summed E-state index contributed by atoms with van der Waals surface area (Å²) in [4.78, 5) is 10.3. The highest BCUT2D eigenvalue weighted by Gasteiger charge is 1.94. The Hall–Kier alpha value is -1.31. The van der Waals surface area contributed by atoms with Crippen molar-refractivity contribution in [3.63, 3.8) is 0 Å². The molecule has 0 aromatic carbocycles. The van der Waals surface area contributed by atoms with Gasteiger partial charge in [-0.2, -0.15) is 0 Å². The molecule has 0 aliphatic heterocycles. The fraction of sp³-hybridized carbons (Fsp3) is 0.222. The lowest BCUT2D eigenvalue weighted by atomic mass is 10.2. The quantitative estimate of drug-likeness (QED) is 0.497. The molecule has 0 bridgehead atoms. The summed E-state index contributed by atoms with van der Waals surface area (Å²) in [5.41, 5.74) is 1.22. The fourth-order valence-corrected chi connectivity index (χ4v) is 0.428. The van der Waals surface area contributed by atoms with Crippen molar-refractivity contribution in [2.24, 2.45) is 0 Å². The van der Waals surface area contributed by atoms with E-state index in [1.807, 2.05) is 6.92 Å². The molecule has 0 saturated carbocycles. The number of carboxylic acid groups (broad SMARTS) is 1. The van der Waals surface area contributed by atoms with E-state index in [1.165, 1.54) is 6.08 Å². The van der Waals surface area contributed by atoms with Gasteiger partial charge in [-0.1, -0.05) is 30.4 Å². The third kappa shape index (κ3) is 5.15. The number of allylic oxidation sites excluding steroid dienone is 4. The molecule has 0 radical (unpaired) electrons. The third-order valence-electron chi connectivity index (χ3n) is 1.06. The highest BCUT2D eigenvalue weighted by atomic mass is 16.4.